The molecule has 0 bridgehead atoms. The Morgan fingerprint density at radius 2 is 2.20 bits per heavy atom. The first-order valence-corrected chi connectivity index (χ1v) is 7.76. The Kier molecular flexibility index (Phi) is 6.34. The molecule has 1 aromatic carbocycles. The number of ether oxygens (including phenoxy) is 2. The van der Waals surface area contributed by atoms with Crippen molar-refractivity contribution in [1.29, 1.82) is 0 Å². The van der Waals surface area contributed by atoms with E-state index in [-0.39, 0.29) is 0 Å². The predicted molar refractivity (Wildman–Crippen MR) is 82.3 cm³/mol. The Labute approximate surface area is 122 Å². The minimum absolute atomic E-state index is 0.634. The molecule has 0 aromatic heterocycles. The lowest BCUT2D eigenvalue weighted by atomic mass is 9.96. The maximum absolute atomic E-state index is 5.52. The maximum Gasteiger partial charge on any atom is 0.119 e. The lowest BCUT2D eigenvalue weighted by Gasteiger charge is -2.18. The summed E-state index contributed by atoms with van der Waals surface area (Å²) in [7, 11) is 1.72. The summed E-state index contributed by atoms with van der Waals surface area (Å²) >= 11 is 0. The van der Waals surface area contributed by atoms with Crippen molar-refractivity contribution in [2.75, 3.05) is 26.9 Å². The minimum Gasteiger partial charge on any atom is -0.497 e. The van der Waals surface area contributed by atoms with Crippen molar-refractivity contribution in [2.24, 2.45) is 5.92 Å². The second-order valence-corrected chi connectivity index (χ2v) is 5.59. The maximum atomic E-state index is 5.52. The SMILES string of the molecule is CCOCCC(CNC1CC1)Cc1cccc(OC)c1. The normalized spacial score (nSPS) is 16.1. The molecule has 1 aliphatic rings. The van der Waals surface area contributed by atoms with Crippen LogP contribution in [0, 0.1) is 5.92 Å². The Morgan fingerprint density at radius 3 is 2.90 bits per heavy atom. The van der Waals surface area contributed by atoms with Gasteiger partial charge in [-0.25, -0.2) is 0 Å². The van der Waals surface area contributed by atoms with Crippen molar-refractivity contribution in [3.63, 3.8) is 0 Å². The Morgan fingerprint density at radius 1 is 1.35 bits per heavy atom. The monoisotopic (exact) mass is 277 g/mol. The van der Waals surface area contributed by atoms with Crippen LogP contribution in [0.4, 0.5) is 0 Å². The highest BCUT2D eigenvalue weighted by molar-refractivity contribution is 5.28. The summed E-state index contributed by atoms with van der Waals surface area (Å²) in [5.74, 6) is 1.58. The third-order valence-electron chi connectivity index (χ3n) is 3.81. The zero-order chi connectivity index (χ0) is 14.2. The summed E-state index contributed by atoms with van der Waals surface area (Å²) in [6.45, 7) is 4.81. The number of rotatable bonds is 10. The van der Waals surface area contributed by atoms with E-state index in [0.717, 1.165) is 44.4 Å². The van der Waals surface area contributed by atoms with Crippen molar-refractivity contribution in [3.05, 3.63) is 29.8 Å². The van der Waals surface area contributed by atoms with E-state index >= 15 is 0 Å². The molecule has 3 nitrogen and oxygen atoms in total. The van der Waals surface area contributed by atoms with Crippen LogP contribution in [0.5, 0.6) is 5.75 Å². The van der Waals surface area contributed by atoms with Gasteiger partial charge in [0.2, 0.25) is 0 Å². The fourth-order valence-corrected chi connectivity index (χ4v) is 2.42. The second kappa shape index (κ2) is 8.28. The Bertz CT molecular complexity index is 390. The van der Waals surface area contributed by atoms with Crippen LogP contribution < -0.4 is 10.1 Å². The van der Waals surface area contributed by atoms with Crippen molar-refractivity contribution in [1.82, 2.24) is 5.32 Å². The predicted octanol–water partition coefficient (Wildman–Crippen LogP) is 3.03. The first kappa shape index (κ1) is 15.3. The molecule has 1 aliphatic carbocycles. The van der Waals surface area contributed by atoms with Gasteiger partial charge in [0.25, 0.3) is 0 Å². The quantitative estimate of drug-likeness (QED) is 0.667. The van der Waals surface area contributed by atoms with Gasteiger partial charge in [-0.1, -0.05) is 12.1 Å². The first-order chi connectivity index (χ1) is 9.81. The van der Waals surface area contributed by atoms with Crippen molar-refractivity contribution in [2.45, 2.75) is 38.6 Å². The standard InChI is InChI=1S/C17H27NO2/c1-3-20-10-9-15(13-18-16-7-8-16)11-14-5-4-6-17(12-14)19-2/h4-6,12,15-16,18H,3,7-11,13H2,1-2H3. The van der Waals surface area contributed by atoms with Crippen molar-refractivity contribution in [3.8, 4) is 5.75 Å². The number of benzene rings is 1. The molecule has 1 aromatic rings. The molecule has 1 atom stereocenters. The van der Waals surface area contributed by atoms with Crippen molar-refractivity contribution >= 4 is 0 Å². The van der Waals surface area contributed by atoms with E-state index in [0.29, 0.717) is 5.92 Å². The van der Waals surface area contributed by atoms with E-state index in [1.807, 2.05) is 6.07 Å². The van der Waals surface area contributed by atoms with Crippen LogP contribution in [-0.2, 0) is 11.2 Å². The van der Waals surface area contributed by atoms with Crippen LogP contribution >= 0.6 is 0 Å². The molecule has 1 unspecified atom stereocenters. The highest BCUT2D eigenvalue weighted by Gasteiger charge is 2.22. The average molecular weight is 277 g/mol. The van der Waals surface area contributed by atoms with Crippen LogP contribution in [0.2, 0.25) is 0 Å². The zero-order valence-corrected chi connectivity index (χ0v) is 12.7. The molecule has 1 saturated carbocycles. The molecule has 112 valence electrons. The molecular formula is C17H27NO2. The van der Waals surface area contributed by atoms with Crippen LogP contribution in [0.3, 0.4) is 0 Å². The smallest absolute Gasteiger partial charge is 0.119 e. The lowest BCUT2D eigenvalue weighted by molar-refractivity contribution is 0.131. The minimum atomic E-state index is 0.634. The molecular weight excluding hydrogens is 250 g/mol. The molecule has 3 heteroatoms. The average Bonchev–Trinajstić information content (AvgIpc) is 3.29. The van der Waals surface area contributed by atoms with Gasteiger partial charge in [0.05, 0.1) is 7.11 Å². The Hall–Kier alpha value is -1.06. The van der Waals surface area contributed by atoms with Crippen LogP contribution in [0.15, 0.2) is 24.3 Å². The number of hydrogen-bond acceptors (Lipinski definition) is 3. The second-order valence-electron chi connectivity index (χ2n) is 5.59. The van der Waals surface area contributed by atoms with Gasteiger partial charge >= 0.3 is 0 Å². The molecule has 1 N–H and O–H groups in total. The highest BCUT2D eigenvalue weighted by Crippen LogP contribution is 2.21. The van der Waals surface area contributed by atoms with Crippen molar-refractivity contribution < 1.29 is 9.47 Å². The highest BCUT2D eigenvalue weighted by atomic mass is 16.5. The summed E-state index contributed by atoms with van der Waals surface area (Å²) in [4.78, 5) is 0. The van der Waals surface area contributed by atoms with Gasteiger partial charge in [-0.3, -0.25) is 0 Å². The van der Waals surface area contributed by atoms with E-state index in [2.05, 4.69) is 30.4 Å². The Balaban J connectivity index is 1.85. The molecule has 0 saturated heterocycles. The summed E-state index contributed by atoms with van der Waals surface area (Å²) in [5, 5.41) is 3.65. The summed E-state index contributed by atoms with van der Waals surface area (Å²) in [6, 6.07) is 9.18. The summed E-state index contributed by atoms with van der Waals surface area (Å²) < 4.78 is 10.8. The lowest BCUT2D eigenvalue weighted by Crippen LogP contribution is -2.27. The summed E-state index contributed by atoms with van der Waals surface area (Å²) in [5.41, 5.74) is 1.35. The first-order valence-electron chi connectivity index (χ1n) is 7.76. The van der Waals surface area contributed by atoms with Gasteiger partial charge in [0.1, 0.15) is 5.75 Å². The molecule has 2 rings (SSSR count). The zero-order valence-electron chi connectivity index (χ0n) is 12.7. The van der Waals surface area contributed by atoms with E-state index < -0.39 is 0 Å². The van der Waals surface area contributed by atoms with E-state index in [4.69, 9.17) is 9.47 Å². The van der Waals surface area contributed by atoms with Crippen LogP contribution in [-0.4, -0.2) is 32.9 Å². The molecule has 0 heterocycles. The molecule has 0 spiro atoms. The van der Waals surface area contributed by atoms with E-state index in [9.17, 15) is 0 Å². The van der Waals surface area contributed by atoms with Gasteiger partial charge in [-0.2, -0.15) is 0 Å². The molecule has 0 radical (unpaired) electrons. The van der Waals surface area contributed by atoms with Gasteiger partial charge < -0.3 is 14.8 Å². The fraction of sp³-hybridized carbons (Fsp3) is 0.647. The largest absolute Gasteiger partial charge is 0.497 e. The molecule has 0 amide bonds. The molecule has 20 heavy (non-hydrogen) atoms. The van der Waals surface area contributed by atoms with Gasteiger partial charge in [0, 0.05) is 19.3 Å². The van der Waals surface area contributed by atoms with E-state index in [1.54, 1.807) is 7.11 Å². The van der Waals surface area contributed by atoms with Crippen LogP contribution in [0.25, 0.3) is 0 Å². The van der Waals surface area contributed by atoms with E-state index in [1.165, 1.54) is 18.4 Å². The summed E-state index contributed by atoms with van der Waals surface area (Å²) in [6.07, 6.45) is 4.89. The van der Waals surface area contributed by atoms with Crippen LogP contribution in [0.1, 0.15) is 31.7 Å². The topological polar surface area (TPSA) is 30.5 Å². The van der Waals surface area contributed by atoms with Gasteiger partial charge in [-0.05, 0) is 62.8 Å². The van der Waals surface area contributed by atoms with Gasteiger partial charge in [-0.15, -0.1) is 0 Å². The molecule has 0 aliphatic heterocycles. The number of nitrogens with one attached hydrogen (secondary N) is 1. The number of hydrogen-bond donors (Lipinski definition) is 1. The number of methoxy groups -OCH3 is 1. The third kappa shape index (κ3) is 5.51. The van der Waals surface area contributed by atoms with Gasteiger partial charge in [0.15, 0.2) is 0 Å². The third-order valence-corrected chi connectivity index (χ3v) is 3.81. The fourth-order valence-electron chi connectivity index (χ4n) is 2.42. The molecule has 1 fully saturated rings.